The molecule has 0 spiro atoms. The largest absolute Gasteiger partial charge is 0.494 e. The molecule has 1 aromatic heterocycles. The van der Waals surface area contributed by atoms with Gasteiger partial charge < -0.3 is 14.5 Å². The Balaban J connectivity index is 2.24. The predicted octanol–water partition coefficient (Wildman–Crippen LogP) is 3.76. The fourth-order valence-corrected chi connectivity index (χ4v) is 1.88. The maximum absolute atomic E-state index is 11.1. The van der Waals surface area contributed by atoms with Crippen LogP contribution >= 0.6 is 0 Å². The zero-order valence-corrected chi connectivity index (χ0v) is 11.3. The summed E-state index contributed by atoms with van der Waals surface area (Å²) in [6, 6.07) is 8.19. The molecule has 1 aromatic carbocycles. The molecule has 1 atom stereocenters. The van der Waals surface area contributed by atoms with Crippen molar-refractivity contribution in [2.45, 2.75) is 19.9 Å². The first-order valence-electron chi connectivity index (χ1n) is 6.33. The van der Waals surface area contributed by atoms with Crippen LogP contribution in [0.3, 0.4) is 0 Å². The molecule has 0 aliphatic heterocycles. The molecule has 20 heavy (non-hydrogen) atoms. The number of nitrogens with one attached hydrogen (secondary N) is 1. The van der Waals surface area contributed by atoms with Crippen LogP contribution in [0.2, 0.25) is 0 Å². The minimum atomic E-state index is -0.431. The third-order valence-electron chi connectivity index (χ3n) is 2.82. The highest BCUT2D eigenvalue weighted by molar-refractivity contribution is 5.64. The fourth-order valence-electron chi connectivity index (χ4n) is 1.88. The quantitative estimate of drug-likeness (QED) is 0.642. The molecule has 1 N–H and O–H groups in total. The van der Waals surface area contributed by atoms with E-state index in [9.17, 15) is 10.1 Å². The highest BCUT2D eigenvalue weighted by Gasteiger charge is 2.18. The predicted molar refractivity (Wildman–Crippen MR) is 75.0 cm³/mol. The van der Waals surface area contributed by atoms with Gasteiger partial charge in [0.2, 0.25) is 0 Å². The lowest BCUT2D eigenvalue weighted by atomic mass is 10.2. The van der Waals surface area contributed by atoms with E-state index in [1.807, 2.05) is 19.9 Å². The summed E-state index contributed by atoms with van der Waals surface area (Å²) in [6.07, 6.45) is 1.57. The molecule has 0 saturated heterocycles. The number of nitro benzene ring substituents is 1. The van der Waals surface area contributed by atoms with E-state index >= 15 is 0 Å². The van der Waals surface area contributed by atoms with Gasteiger partial charge in [-0.25, -0.2) is 0 Å². The van der Waals surface area contributed by atoms with Crippen LogP contribution in [0.5, 0.6) is 5.75 Å². The van der Waals surface area contributed by atoms with E-state index in [2.05, 4.69) is 5.32 Å². The summed E-state index contributed by atoms with van der Waals surface area (Å²) in [7, 11) is 0. The smallest absolute Gasteiger partial charge is 0.296 e. The van der Waals surface area contributed by atoms with Crippen molar-refractivity contribution in [1.29, 1.82) is 0 Å². The SMILES string of the molecule is CCOc1ccc(NC(C)c2ccco2)c([N+](=O)[O-])c1. The van der Waals surface area contributed by atoms with Crippen LogP contribution in [-0.2, 0) is 0 Å². The van der Waals surface area contributed by atoms with Gasteiger partial charge in [-0.3, -0.25) is 10.1 Å². The van der Waals surface area contributed by atoms with E-state index in [0.717, 1.165) is 0 Å². The standard InChI is InChI=1S/C14H16N2O4/c1-3-19-11-6-7-12(13(9-11)16(17)18)15-10(2)14-5-4-8-20-14/h4-10,15H,3H2,1-2H3. The summed E-state index contributed by atoms with van der Waals surface area (Å²) in [5.74, 6) is 1.20. The molecule has 0 aliphatic rings. The zero-order chi connectivity index (χ0) is 14.5. The van der Waals surface area contributed by atoms with Crippen LogP contribution in [0, 0.1) is 10.1 Å². The second-order valence-corrected chi connectivity index (χ2v) is 4.25. The highest BCUT2D eigenvalue weighted by Crippen LogP contribution is 2.31. The lowest BCUT2D eigenvalue weighted by Crippen LogP contribution is -2.07. The summed E-state index contributed by atoms with van der Waals surface area (Å²) in [6.45, 7) is 4.17. The van der Waals surface area contributed by atoms with Gasteiger partial charge in [-0.05, 0) is 38.1 Å². The average molecular weight is 276 g/mol. The molecule has 6 heteroatoms. The molecule has 0 aliphatic carbocycles. The van der Waals surface area contributed by atoms with Crippen LogP contribution < -0.4 is 10.1 Å². The van der Waals surface area contributed by atoms with Crippen molar-refractivity contribution in [2.75, 3.05) is 11.9 Å². The lowest BCUT2D eigenvalue weighted by Gasteiger charge is -2.13. The van der Waals surface area contributed by atoms with Gasteiger partial charge in [0, 0.05) is 0 Å². The number of benzene rings is 1. The lowest BCUT2D eigenvalue weighted by molar-refractivity contribution is -0.384. The average Bonchev–Trinajstić information content (AvgIpc) is 2.94. The number of anilines is 1. The monoisotopic (exact) mass is 276 g/mol. The van der Waals surface area contributed by atoms with Gasteiger partial charge in [0.1, 0.15) is 17.2 Å². The third kappa shape index (κ3) is 3.09. The van der Waals surface area contributed by atoms with Crippen molar-refractivity contribution >= 4 is 11.4 Å². The number of furan rings is 1. The van der Waals surface area contributed by atoms with Crippen LogP contribution in [0.1, 0.15) is 25.6 Å². The van der Waals surface area contributed by atoms with Gasteiger partial charge in [-0.1, -0.05) is 0 Å². The molecule has 106 valence electrons. The minimum absolute atomic E-state index is 0.0191. The molecular formula is C14H16N2O4. The van der Waals surface area contributed by atoms with E-state index in [1.165, 1.54) is 6.07 Å². The summed E-state index contributed by atoms with van der Waals surface area (Å²) in [5, 5.41) is 14.2. The molecule has 0 fully saturated rings. The maximum atomic E-state index is 11.1. The van der Waals surface area contributed by atoms with Crippen molar-refractivity contribution in [3.63, 3.8) is 0 Å². The molecule has 2 rings (SSSR count). The van der Waals surface area contributed by atoms with Gasteiger partial charge in [0.05, 0.1) is 29.9 Å². The molecule has 1 unspecified atom stereocenters. The summed E-state index contributed by atoms with van der Waals surface area (Å²) in [5.41, 5.74) is 0.414. The molecular weight excluding hydrogens is 260 g/mol. The van der Waals surface area contributed by atoms with E-state index < -0.39 is 4.92 Å². The van der Waals surface area contributed by atoms with Crippen LogP contribution in [0.4, 0.5) is 11.4 Å². The topological polar surface area (TPSA) is 77.5 Å². The highest BCUT2D eigenvalue weighted by atomic mass is 16.6. The Hall–Kier alpha value is -2.50. The zero-order valence-electron chi connectivity index (χ0n) is 11.3. The number of hydrogen-bond donors (Lipinski definition) is 1. The van der Waals surface area contributed by atoms with Gasteiger partial charge in [-0.2, -0.15) is 0 Å². The van der Waals surface area contributed by atoms with E-state index in [4.69, 9.17) is 9.15 Å². The van der Waals surface area contributed by atoms with Crippen molar-refractivity contribution < 1.29 is 14.1 Å². The Morgan fingerprint density at radius 3 is 2.85 bits per heavy atom. The molecule has 2 aromatic rings. The Morgan fingerprint density at radius 1 is 1.45 bits per heavy atom. The first-order valence-corrected chi connectivity index (χ1v) is 6.33. The van der Waals surface area contributed by atoms with Crippen LogP contribution in [0.15, 0.2) is 41.0 Å². The molecule has 1 heterocycles. The van der Waals surface area contributed by atoms with Gasteiger partial charge in [0.25, 0.3) is 5.69 Å². The minimum Gasteiger partial charge on any atom is -0.494 e. The van der Waals surface area contributed by atoms with Gasteiger partial charge >= 0.3 is 0 Å². The molecule has 0 saturated carbocycles. The van der Waals surface area contributed by atoms with E-state index in [0.29, 0.717) is 23.8 Å². The summed E-state index contributed by atoms with van der Waals surface area (Å²) in [4.78, 5) is 10.7. The Labute approximate surface area is 116 Å². The van der Waals surface area contributed by atoms with Crippen molar-refractivity contribution in [1.82, 2.24) is 0 Å². The first kappa shape index (κ1) is 13.9. The number of nitro groups is 1. The van der Waals surface area contributed by atoms with E-state index in [1.54, 1.807) is 24.5 Å². The Bertz CT molecular complexity index is 581. The molecule has 0 bridgehead atoms. The van der Waals surface area contributed by atoms with E-state index in [-0.39, 0.29) is 11.7 Å². The summed E-state index contributed by atoms with van der Waals surface area (Å²) < 4.78 is 10.6. The fraction of sp³-hybridized carbons (Fsp3) is 0.286. The molecule has 6 nitrogen and oxygen atoms in total. The Morgan fingerprint density at radius 2 is 2.25 bits per heavy atom. The van der Waals surface area contributed by atoms with Crippen molar-refractivity contribution in [3.05, 3.63) is 52.5 Å². The van der Waals surface area contributed by atoms with Gasteiger partial charge in [-0.15, -0.1) is 0 Å². The van der Waals surface area contributed by atoms with Crippen molar-refractivity contribution in [2.24, 2.45) is 0 Å². The maximum Gasteiger partial charge on any atom is 0.296 e. The third-order valence-corrected chi connectivity index (χ3v) is 2.82. The second kappa shape index (κ2) is 6.10. The van der Waals surface area contributed by atoms with Crippen LogP contribution in [-0.4, -0.2) is 11.5 Å². The normalized spacial score (nSPS) is 11.9. The molecule has 0 radical (unpaired) electrons. The second-order valence-electron chi connectivity index (χ2n) is 4.25. The summed E-state index contributed by atoms with van der Waals surface area (Å²) >= 11 is 0. The van der Waals surface area contributed by atoms with Crippen molar-refractivity contribution in [3.8, 4) is 5.75 Å². The van der Waals surface area contributed by atoms with Crippen LogP contribution in [0.25, 0.3) is 0 Å². The Kier molecular flexibility index (Phi) is 4.24. The number of ether oxygens (including phenoxy) is 1. The van der Waals surface area contributed by atoms with Gasteiger partial charge in [0.15, 0.2) is 0 Å². The molecule has 0 amide bonds. The first-order chi connectivity index (χ1) is 9.61. The number of rotatable bonds is 6. The number of hydrogen-bond acceptors (Lipinski definition) is 5. The number of nitrogens with zero attached hydrogens (tertiary/aromatic N) is 1.